The van der Waals surface area contributed by atoms with Gasteiger partial charge in [0.25, 0.3) is 11.7 Å². The highest BCUT2D eigenvalue weighted by molar-refractivity contribution is 7.13. The van der Waals surface area contributed by atoms with Crippen molar-refractivity contribution in [1.82, 2.24) is 10.3 Å². The van der Waals surface area contributed by atoms with E-state index in [9.17, 15) is 15.0 Å². The number of hydrogen-bond acceptors (Lipinski definition) is 7. The minimum atomic E-state index is -2.74. The second kappa shape index (κ2) is 9.62. The van der Waals surface area contributed by atoms with Crippen molar-refractivity contribution < 1.29 is 15.0 Å². The van der Waals surface area contributed by atoms with E-state index in [4.69, 9.17) is 5.73 Å². The quantitative estimate of drug-likeness (QED) is 0.270. The topological polar surface area (TPSA) is 120 Å². The number of amides is 1. The Balaban J connectivity index is 1.44. The van der Waals surface area contributed by atoms with Gasteiger partial charge in [0.1, 0.15) is 5.69 Å². The van der Waals surface area contributed by atoms with Crippen molar-refractivity contribution in [2.75, 3.05) is 24.1 Å². The molecule has 0 atom stereocenters. The third kappa shape index (κ3) is 5.85. The van der Waals surface area contributed by atoms with Gasteiger partial charge in [-0.2, -0.15) is 0 Å². The first-order valence-corrected chi connectivity index (χ1v) is 10.1. The molecule has 29 heavy (non-hydrogen) atoms. The Kier molecular flexibility index (Phi) is 6.95. The molecule has 0 aliphatic heterocycles. The first-order chi connectivity index (χ1) is 13.9. The number of thiazole rings is 1. The summed E-state index contributed by atoms with van der Waals surface area (Å²) in [7, 11) is 0. The molecule has 0 aliphatic carbocycles. The second-order valence-electron chi connectivity index (χ2n) is 6.63. The molecule has 0 radical (unpaired) electrons. The van der Waals surface area contributed by atoms with Crippen molar-refractivity contribution in [1.29, 1.82) is 0 Å². The van der Waals surface area contributed by atoms with E-state index in [0.717, 1.165) is 42.8 Å². The van der Waals surface area contributed by atoms with Gasteiger partial charge in [-0.05, 0) is 49.2 Å². The second-order valence-corrected chi connectivity index (χ2v) is 7.52. The number of anilines is 2. The first kappa shape index (κ1) is 20.9. The fourth-order valence-electron chi connectivity index (χ4n) is 2.77. The number of nitrogens with zero attached hydrogens (tertiary/aromatic N) is 1. The smallest absolute Gasteiger partial charge is 0.291 e. The van der Waals surface area contributed by atoms with Crippen LogP contribution in [-0.2, 0) is 23.4 Å². The average Bonchev–Trinajstić information content (AvgIpc) is 3.17. The Bertz CT molecular complexity index is 927. The zero-order valence-corrected chi connectivity index (χ0v) is 16.7. The zero-order chi connectivity index (χ0) is 20.7. The molecule has 1 aromatic heterocycles. The highest BCUT2D eigenvalue weighted by Crippen LogP contribution is 2.23. The fraction of sp³-hybridized carbons (Fsp3) is 0.238. The Hall–Kier alpha value is -2.78. The van der Waals surface area contributed by atoms with Crippen molar-refractivity contribution in [2.45, 2.75) is 18.6 Å². The summed E-state index contributed by atoms with van der Waals surface area (Å²) >= 11 is 1.03. The van der Waals surface area contributed by atoms with Crippen LogP contribution in [0.3, 0.4) is 0 Å². The maximum Gasteiger partial charge on any atom is 0.291 e. The minimum absolute atomic E-state index is 0.155. The summed E-state index contributed by atoms with van der Waals surface area (Å²) in [6.45, 7) is 1.76. The maximum absolute atomic E-state index is 12.2. The molecule has 6 N–H and O–H groups in total. The van der Waals surface area contributed by atoms with Crippen LogP contribution in [0.5, 0.6) is 0 Å². The van der Waals surface area contributed by atoms with E-state index < -0.39 is 11.7 Å². The monoisotopic (exact) mass is 412 g/mol. The van der Waals surface area contributed by atoms with Crippen LogP contribution in [0.4, 0.5) is 10.8 Å². The molecule has 7 nitrogen and oxygen atoms in total. The van der Waals surface area contributed by atoms with Gasteiger partial charge in [-0.25, -0.2) is 4.98 Å². The molecule has 0 bridgehead atoms. The molecular weight excluding hydrogens is 388 g/mol. The van der Waals surface area contributed by atoms with E-state index in [-0.39, 0.29) is 10.8 Å². The number of nitrogens with one attached hydrogen (secondary N) is 2. The molecule has 0 aliphatic rings. The number of nitrogens with two attached hydrogens (primary N) is 1. The van der Waals surface area contributed by atoms with Gasteiger partial charge in [0, 0.05) is 11.1 Å². The number of aliphatic hydroxyl groups is 2. The van der Waals surface area contributed by atoms with Crippen LogP contribution >= 0.6 is 11.3 Å². The number of aromatic nitrogens is 1. The molecule has 0 unspecified atom stereocenters. The Morgan fingerprint density at radius 3 is 2.21 bits per heavy atom. The molecule has 0 fully saturated rings. The summed E-state index contributed by atoms with van der Waals surface area (Å²) in [5, 5.41) is 27.5. The van der Waals surface area contributed by atoms with E-state index in [2.05, 4.69) is 27.8 Å². The van der Waals surface area contributed by atoms with Crippen molar-refractivity contribution in [3.63, 3.8) is 0 Å². The molecule has 3 rings (SSSR count). The molecule has 0 saturated heterocycles. The molecular formula is C21H24N4O3S. The predicted octanol–water partition coefficient (Wildman–Crippen LogP) is 1.88. The Labute approximate surface area is 173 Å². The van der Waals surface area contributed by atoms with Crippen LogP contribution in [0.2, 0.25) is 0 Å². The van der Waals surface area contributed by atoms with Gasteiger partial charge in [0.05, 0.1) is 0 Å². The largest absolute Gasteiger partial charge is 0.375 e. The zero-order valence-electron chi connectivity index (χ0n) is 15.8. The van der Waals surface area contributed by atoms with Crippen LogP contribution in [0, 0.1) is 0 Å². The number of rotatable bonds is 9. The van der Waals surface area contributed by atoms with E-state index in [1.165, 1.54) is 10.9 Å². The van der Waals surface area contributed by atoms with E-state index in [1.54, 1.807) is 12.1 Å². The Morgan fingerprint density at radius 2 is 1.62 bits per heavy atom. The molecule has 8 heteroatoms. The van der Waals surface area contributed by atoms with Gasteiger partial charge in [-0.3, -0.25) is 4.79 Å². The van der Waals surface area contributed by atoms with E-state index in [1.807, 2.05) is 30.3 Å². The number of carbonyl (C=O) groups excluding carboxylic acids is 1. The van der Waals surface area contributed by atoms with Crippen molar-refractivity contribution >= 4 is 28.1 Å². The van der Waals surface area contributed by atoms with Gasteiger partial charge in [0.15, 0.2) is 5.13 Å². The van der Waals surface area contributed by atoms with Crippen molar-refractivity contribution in [2.24, 2.45) is 0 Å². The van der Waals surface area contributed by atoms with Gasteiger partial charge in [0.2, 0.25) is 0 Å². The minimum Gasteiger partial charge on any atom is -0.375 e. The lowest BCUT2D eigenvalue weighted by Crippen LogP contribution is -2.40. The number of hydrogen-bond donors (Lipinski definition) is 5. The molecule has 3 aromatic rings. The van der Waals surface area contributed by atoms with Crippen LogP contribution in [0.15, 0.2) is 60.0 Å². The molecule has 2 aromatic carbocycles. The fourth-order valence-corrected chi connectivity index (χ4v) is 3.37. The number of carbonyl (C=O) groups is 1. The summed E-state index contributed by atoms with van der Waals surface area (Å²) in [6, 6.07) is 17.6. The van der Waals surface area contributed by atoms with Crippen molar-refractivity contribution in [3.8, 4) is 0 Å². The predicted molar refractivity (Wildman–Crippen MR) is 114 cm³/mol. The van der Waals surface area contributed by atoms with Gasteiger partial charge >= 0.3 is 0 Å². The summed E-state index contributed by atoms with van der Waals surface area (Å²) in [5.74, 6) is -3.73. The third-order valence-corrected chi connectivity index (χ3v) is 5.11. The number of benzene rings is 2. The van der Waals surface area contributed by atoms with Crippen LogP contribution in [0.1, 0.15) is 16.8 Å². The molecule has 1 amide bonds. The highest BCUT2D eigenvalue weighted by Gasteiger charge is 2.38. The normalized spacial score (nSPS) is 11.4. The van der Waals surface area contributed by atoms with Crippen molar-refractivity contribution in [3.05, 3.63) is 76.8 Å². The molecule has 1 heterocycles. The molecule has 0 spiro atoms. The lowest BCUT2D eigenvalue weighted by molar-refractivity contribution is -0.185. The lowest BCUT2D eigenvalue weighted by atomic mass is 10.1. The van der Waals surface area contributed by atoms with E-state index >= 15 is 0 Å². The third-order valence-electron chi connectivity index (χ3n) is 4.43. The Morgan fingerprint density at radius 1 is 1.00 bits per heavy atom. The number of nitrogen functional groups attached to an aromatic ring is 1. The summed E-state index contributed by atoms with van der Waals surface area (Å²) in [5.41, 5.74) is 8.17. The lowest BCUT2D eigenvalue weighted by Gasteiger charge is -2.18. The van der Waals surface area contributed by atoms with Gasteiger partial charge in [-0.15, -0.1) is 11.3 Å². The maximum atomic E-state index is 12.2. The average molecular weight is 413 g/mol. The van der Waals surface area contributed by atoms with Gasteiger partial charge < -0.3 is 26.6 Å². The standard InChI is InChI=1S/C21H24N4O3S/c22-20-25-18(14-29-20)21(27,28)19(26)24-17-8-6-16(7-9-17)11-13-23-12-10-15-4-2-1-3-5-15/h1-9,14,23,27-28H,10-13H2,(H2,22,25)(H,24,26). The summed E-state index contributed by atoms with van der Waals surface area (Å²) < 4.78 is 0. The van der Waals surface area contributed by atoms with Crippen LogP contribution in [-0.4, -0.2) is 34.2 Å². The van der Waals surface area contributed by atoms with E-state index in [0.29, 0.717) is 5.69 Å². The molecule has 152 valence electrons. The van der Waals surface area contributed by atoms with Crippen LogP contribution in [0.25, 0.3) is 0 Å². The summed E-state index contributed by atoms with van der Waals surface area (Å²) in [4.78, 5) is 15.9. The molecule has 0 saturated carbocycles. The van der Waals surface area contributed by atoms with Gasteiger partial charge in [-0.1, -0.05) is 42.5 Å². The summed E-state index contributed by atoms with van der Waals surface area (Å²) in [6.07, 6.45) is 1.84. The SMILES string of the molecule is Nc1nc(C(O)(O)C(=O)Nc2ccc(CCNCCc3ccccc3)cc2)cs1. The van der Waals surface area contributed by atoms with Crippen LogP contribution < -0.4 is 16.4 Å². The first-order valence-electron chi connectivity index (χ1n) is 9.26. The highest BCUT2D eigenvalue weighted by atomic mass is 32.1.